The summed E-state index contributed by atoms with van der Waals surface area (Å²) in [6.45, 7) is 4.99. The van der Waals surface area contributed by atoms with Crippen LogP contribution in [0.25, 0.3) is 0 Å². The first-order valence-electron chi connectivity index (χ1n) is 7.37. The van der Waals surface area contributed by atoms with Gasteiger partial charge in [-0.05, 0) is 37.0 Å². The molecule has 0 radical (unpaired) electrons. The van der Waals surface area contributed by atoms with Crippen LogP contribution in [0.3, 0.4) is 0 Å². The minimum Gasteiger partial charge on any atom is -0.492 e. The average Bonchev–Trinajstić information content (AvgIpc) is 2.93. The molecule has 1 atom stereocenters. The number of hydrogen-bond acceptors (Lipinski definition) is 5. The Kier molecular flexibility index (Phi) is 4.27. The van der Waals surface area contributed by atoms with Gasteiger partial charge in [0.1, 0.15) is 18.1 Å². The highest BCUT2D eigenvalue weighted by Gasteiger charge is 2.22. The van der Waals surface area contributed by atoms with Crippen LogP contribution in [0.5, 0.6) is 0 Å². The number of rotatable bonds is 4. The van der Waals surface area contributed by atoms with E-state index in [4.69, 9.17) is 9.47 Å². The minimum absolute atomic E-state index is 0.0502. The molecule has 2 aliphatic heterocycles. The predicted octanol–water partition coefficient (Wildman–Crippen LogP) is 2.43. The largest absolute Gasteiger partial charge is 0.492 e. The Morgan fingerprint density at radius 1 is 1.32 bits per heavy atom. The molecule has 6 heteroatoms. The fraction of sp³-hybridized carbons (Fsp3) is 0.375. The summed E-state index contributed by atoms with van der Waals surface area (Å²) in [5, 5.41) is 7.11. The van der Waals surface area contributed by atoms with Crippen molar-refractivity contribution in [1.82, 2.24) is 5.32 Å². The van der Waals surface area contributed by atoms with Crippen molar-refractivity contribution < 1.29 is 14.3 Å². The van der Waals surface area contributed by atoms with E-state index in [1.54, 1.807) is 0 Å². The number of carbonyl (C=O) groups is 1. The van der Waals surface area contributed by atoms with Crippen LogP contribution in [-0.4, -0.2) is 31.1 Å². The van der Waals surface area contributed by atoms with E-state index in [2.05, 4.69) is 22.4 Å². The second-order valence-electron chi connectivity index (χ2n) is 5.39. The van der Waals surface area contributed by atoms with Crippen molar-refractivity contribution in [1.29, 1.82) is 0 Å². The molecule has 1 amide bonds. The van der Waals surface area contributed by atoms with Gasteiger partial charge in [0, 0.05) is 0 Å². The van der Waals surface area contributed by atoms with E-state index in [9.17, 15) is 4.79 Å². The number of anilines is 1. The van der Waals surface area contributed by atoms with Gasteiger partial charge in [-0.3, -0.25) is 5.43 Å². The van der Waals surface area contributed by atoms with Crippen molar-refractivity contribution >= 4 is 17.5 Å². The Balaban J connectivity index is 1.56. The Labute approximate surface area is 129 Å². The van der Waals surface area contributed by atoms with Crippen molar-refractivity contribution in [3.63, 3.8) is 0 Å². The molecule has 2 aliphatic rings. The van der Waals surface area contributed by atoms with Gasteiger partial charge in [0.25, 0.3) is 0 Å². The SMILES string of the molecule is C=C1OCCC/C1=N\Nc1ccc(C[C@H]2COC(=O)N2)cc1. The summed E-state index contributed by atoms with van der Waals surface area (Å²) in [6, 6.07) is 8.00. The molecule has 6 nitrogen and oxygen atoms in total. The topological polar surface area (TPSA) is 71.9 Å². The standard InChI is InChI=1S/C16H19N3O3/c1-11-15(3-2-8-21-11)19-18-13-6-4-12(5-7-13)9-14-10-22-16(20)17-14/h4-7,14,18H,1-3,8-10H2,(H,17,20)/b19-15+/t14-/m0/s1. The van der Waals surface area contributed by atoms with Crippen molar-refractivity contribution in [2.75, 3.05) is 18.6 Å². The van der Waals surface area contributed by atoms with Crippen LogP contribution in [-0.2, 0) is 15.9 Å². The van der Waals surface area contributed by atoms with Gasteiger partial charge >= 0.3 is 6.09 Å². The molecule has 1 aromatic rings. The molecule has 0 bridgehead atoms. The maximum absolute atomic E-state index is 11.0. The molecule has 1 aromatic carbocycles. The molecule has 0 aromatic heterocycles. The highest BCUT2D eigenvalue weighted by atomic mass is 16.6. The zero-order valence-electron chi connectivity index (χ0n) is 12.3. The molecular formula is C16H19N3O3. The predicted molar refractivity (Wildman–Crippen MR) is 83.8 cm³/mol. The molecule has 0 unspecified atom stereocenters. The number of carbonyl (C=O) groups excluding carboxylic acids is 1. The maximum atomic E-state index is 11.0. The second kappa shape index (κ2) is 6.51. The third kappa shape index (κ3) is 3.58. The summed E-state index contributed by atoms with van der Waals surface area (Å²) in [6.07, 6.45) is 2.26. The van der Waals surface area contributed by atoms with Crippen molar-refractivity contribution in [3.05, 3.63) is 42.2 Å². The van der Waals surface area contributed by atoms with E-state index in [0.717, 1.165) is 36.2 Å². The number of benzene rings is 1. The number of ether oxygens (including phenoxy) is 2. The molecule has 2 heterocycles. The molecule has 2 saturated heterocycles. The second-order valence-corrected chi connectivity index (χ2v) is 5.39. The summed E-state index contributed by atoms with van der Waals surface area (Å²) in [7, 11) is 0. The average molecular weight is 301 g/mol. The smallest absolute Gasteiger partial charge is 0.407 e. The Bertz CT molecular complexity index is 595. The Hall–Kier alpha value is -2.50. The van der Waals surface area contributed by atoms with E-state index in [1.165, 1.54) is 0 Å². The first-order chi connectivity index (χ1) is 10.7. The number of cyclic esters (lactones) is 1. The first kappa shape index (κ1) is 14.4. The van der Waals surface area contributed by atoms with Crippen LogP contribution in [0.4, 0.5) is 10.5 Å². The van der Waals surface area contributed by atoms with Gasteiger partial charge in [-0.15, -0.1) is 0 Å². The van der Waals surface area contributed by atoms with Crippen LogP contribution in [0.1, 0.15) is 18.4 Å². The fourth-order valence-corrected chi connectivity index (χ4v) is 2.44. The number of hydrazone groups is 1. The van der Waals surface area contributed by atoms with E-state index in [1.807, 2.05) is 24.3 Å². The van der Waals surface area contributed by atoms with E-state index < -0.39 is 0 Å². The highest BCUT2D eigenvalue weighted by Crippen LogP contribution is 2.15. The molecule has 0 saturated carbocycles. The third-order valence-electron chi connectivity index (χ3n) is 3.65. The van der Waals surface area contributed by atoms with Crippen LogP contribution in [0, 0.1) is 0 Å². The van der Waals surface area contributed by atoms with Gasteiger partial charge in [0.15, 0.2) is 0 Å². The lowest BCUT2D eigenvalue weighted by Gasteiger charge is -2.17. The lowest BCUT2D eigenvalue weighted by Crippen LogP contribution is -2.28. The van der Waals surface area contributed by atoms with E-state index in [-0.39, 0.29) is 12.1 Å². The summed E-state index contributed by atoms with van der Waals surface area (Å²) in [5.41, 5.74) is 5.93. The van der Waals surface area contributed by atoms with Gasteiger partial charge in [-0.2, -0.15) is 5.10 Å². The molecular weight excluding hydrogens is 282 g/mol. The zero-order valence-corrected chi connectivity index (χ0v) is 12.3. The molecule has 2 fully saturated rings. The summed E-state index contributed by atoms with van der Waals surface area (Å²) < 4.78 is 10.2. The minimum atomic E-state index is -0.339. The van der Waals surface area contributed by atoms with Gasteiger partial charge in [-0.25, -0.2) is 4.79 Å². The van der Waals surface area contributed by atoms with Gasteiger partial charge in [-0.1, -0.05) is 18.7 Å². The van der Waals surface area contributed by atoms with Gasteiger partial charge in [0.2, 0.25) is 0 Å². The number of hydrogen-bond donors (Lipinski definition) is 2. The van der Waals surface area contributed by atoms with Crippen molar-refractivity contribution in [2.45, 2.75) is 25.3 Å². The van der Waals surface area contributed by atoms with Crippen molar-refractivity contribution in [2.24, 2.45) is 5.10 Å². The molecule has 3 rings (SSSR count). The Morgan fingerprint density at radius 2 is 2.14 bits per heavy atom. The number of nitrogens with one attached hydrogen (secondary N) is 2. The first-order valence-corrected chi connectivity index (χ1v) is 7.37. The molecule has 0 aliphatic carbocycles. The summed E-state index contributed by atoms with van der Waals surface area (Å²) in [4.78, 5) is 11.0. The molecule has 116 valence electrons. The molecule has 0 spiro atoms. The normalized spacial score (nSPS) is 22.9. The number of allylic oxidation sites excluding steroid dienone is 1. The summed E-state index contributed by atoms with van der Waals surface area (Å²) in [5.74, 6) is 0.646. The highest BCUT2D eigenvalue weighted by molar-refractivity contribution is 5.98. The number of nitrogens with zero attached hydrogens (tertiary/aromatic N) is 1. The molecule has 22 heavy (non-hydrogen) atoms. The van der Waals surface area contributed by atoms with Crippen LogP contribution in [0.15, 0.2) is 41.7 Å². The van der Waals surface area contributed by atoms with Crippen LogP contribution >= 0.6 is 0 Å². The van der Waals surface area contributed by atoms with E-state index >= 15 is 0 Å². The quantitative estimate of drug-likeness (QED) is 0.838. The summed E-state index contributed by atoms with van der Waals surface area (Å²) >= 11 is 0. The van der Waals surface area contributed by atoms with Gasteiger partial charge in [0.05, 0.1) is 18.3 Å². The Morgan fingerprint density at radius 3 is 2.82 bits per heavy atom. The lowest BCUT2D eigenvalue weighted by molar-refractivity contribution is 0.177. The van der Waals surface area contributed by atoms with Crippen LogP contribution < -0.4 is 10.7 Å². The number of alkyl carbamates (subject to hydrolysis) is 1. The fourth-order valence-electron chi connectivity index (χ4n) is 2.44. The van der Waals surface area contributed by atoms with E-state index in [0.29, 0.717) is 19.0 Å². The van der Waals surface area contributed by atoms with Crippen LogP contribution in [0.2, 0.25) is 0 Å². The third-order valence-corrected chi connectivity index (χ3v) is 3.65. The monoisotopic (exact) mass is 301 g/mol. The number of amides is 1. The molecule has 2 N–H and O–H groups in total. The maximum Gasteiger partial charge on any atom is 0.407 e. The van der Waals surface area contributed by atoms with Crippen molar-refractivity contribution in [3.8, 4) is 0 Å². The lowest BCUT2D eigenvalue weighted by atomic mass is 10.1. The zero-order chi connectivity index (χ0) is 15.4. The van der Waals surface area contributed by atoms with Gasteiger partial charge < -0.3 is 14.8 Å².